The van der Waals surface area contributed by atoms with E-state index < -0.39 is 0 Å². The third-order valence-electron chi connectivity index (χ3n) is 2.65. The molecule has 2 rings (SSSR count). The monoisotopic (exact) mass is 173 g/mol. The van der Waals surface area contributed by atoms with Crippen LogP contribution in [0.15, 0.2) is 23.2 Å². The molecule has 0 fully saturated rings. The van der Waals surface area contributed by atoms with Crippen LogP contribution >= 0.6 is 0 Å². The molecule has 1 atom stereocenters. The number of nitrogens with zero attached hydrogens (tertiary/aromatic N) is 1. The molecule has 1 aromatic rings. The number of hydrogen-bond donors (Lipinski definition) is 0. The van der Waals surface area contributed by atoms with Gasteiger partial charge in [-0.3, -0.25) is 4.99 Å². The summed E-state index contributed by atoms with van der Waals surface area (Å²) < 4.78 is 0. The topological polar surface area (TPSA) is 12.4 Å². The summed E-state index contributed by atoms with van der Waals surface area (Å²) in [7, 11) is 0. The van der Waals surface area contributed by atoms with Crippen LogP contribution in [0.5, 0.6) is 0 Å². The van der Waals surface area contributed by atoms with Gasteiger partial charge in [0.1, 0.15) is 0 Å². The first-order chi connectivity index (χ1) is 6.18. The molecule has 1 unspecified atom stereocenters. The molecule has 0 saturated carbocycles. The maximum atomic E-state index is 4.36. The molecular weight excluding hydrogens is 158 g/mol. The fourth-order valence-electron chi connectivity index (χ4n) is 1.69. The van der Waals surface area contributed by atoms with E-state index in [1.165, 1.54) is 11.1 Å². The van der Waals surface area contributed by atoms with Gasteiger partial charge in [-0.25, -0.2) is 0 Å². The molecule has 0 bridgehead atoms. The van der Waals surface area contributed by atoms with Gasteiger partial charge in [-0.2, -0.15) is 0 Å². The standard InChI is InChI=1S/C12H15N/c1-8(2)10-4-5-12-11(6-10)9(3)7-13-12/h4-9H,1-3H3. The second-order valence-corrected chi connectivity index (χ2v) is 4.04. The van der Waals surface area contributed by atoms with Crippen molar-refractivity contribution in [3.8, 4) is 0 Å². The van der Waals surface area contributed by atoms with Crippen molar-refractivity contribution in [3.05, 3.63) is 29.3 Å². The highest BCUT2D eigenvalue weighted by molar-refractivity contribution is 5.80. The Bertz CT molecular complexity index is 350. The van der Waals surface area contributed by atoms with Crippen LogP contribution in [0.25, 0.3) is 0 Å². The van der Waals surface area contributed by atoms with E-state index in [4.69, 9.17) is 0 Å². The molecule has 1 aliphatic rings. The van der Waals surface area contributed by atoms with Crippen molar-refractivity contribution in [2.75, 3.05) is 0 Å². The summed E-state index contributed by atoms with van der Waals surface area (Å²) in [4.78, 5) is 4.36. The Morgan fingerprint density at radius 2 is 2.08 bits per heavy atom. The van der Waals surface area contributed by atoms with Gasteiger partial charge < -0.3 is 0 Å². The van der Waals surface area contributed by atoms with Gasteiger partial charge in [0.15, 0.2) is 0 Å². The Morgan fingerprint density at radius 3 is 2.77 bits per heavy atom. The number of aliphatic imine (C=N–C) groups is 1. The third-order valence-corrected chi connectivity index (χ3v) is 2.65. The first kappa shape index (κ1) is 8.49. The Hall–Kier alpha value is -1.11. The molecule has 1 nitrogen and oxygen atoms in total. The van der Waals surface area contributed by atoms with Crippen LogP contribution in [0.1, 0.15) is 43.7 Å². The SMILES string of the molecule is CC(C)c1ccc2c(c1)C(C)C=N2. The lowest BCUT2D eigenvalue weighted by molar-refractivity contribution is 0.862. The second kappa shape index (κ2) is 2.99. The van der Waals surface area contributed by atoms with E-state index in [2.05, 4.69) is 44.0 Å². The first-order valence-corrected chi connectivity index (χ1v) is 4.86. The molecular formula is C12H15N. The minimum atomic E-state index is 0.494. The van der Waals surface area contributed by atoms with Crippen LogP contribution in [0.4, 0.5) is 5.69 Å². The van der Waals surface area contributed by atoms with Gasteiger partial charge in [-0.1, -0.05) is 32.9 Å². The molecule has 68 valence electrons. The fourth-order valence-corrected chi connectivity index (χ4v) is 1.69. The average molecular weight is 173 g/mol. The van der Waals surface area contributed by atoms with Crippen molar-refractivity contribution in [2.24, 2.45) is 4.99 Å². The van der Waals surface area contributed by atoms with Crippen LogP contribution in [0.3, 0.4) is 0 Å². The molecule has 1 heterocycles. The molecule has 1 aliphatic heterocycles. The second-order valence-electron chi connectivity index (χ2n) is 4.04. The molecule has 0 radical (unpaired) electrons. The van der Waals surface area contributed by atoms with Gasteiger partial charge in [0.2, 0.25) is 0 Å². The summed E-state index contributed by atoms with van der Waals surface area (Å²) in [5.74, 6) is 1.10. The normalized spacial score (nSPS) is 19.5. The molecule has 1 aromatic carbocycles. The summed E-state index contributed by atoms with van der Waals surface area (Å²) in [5, 5.41) is 0. The summed E-state index contributed by atoms with van der Waals surface area (Å²) in [6.45, 7) is 6.64. The van der Waals surface area contributed by atoms with Crippen molar-refractivity contribution >= 4 is 11.9 Å². The smallest absolute Gasteiger partial charge is 0.0664 e. The molecule has 0 spiro atoms. The van der Waals surface area contributed by atoms with Crippen LogP contribution in [-0.2, 0) is 0 Å². The van der Waals surface area contributed by atoms with Crippen molar-refractivity contribution in [1.82, 2.24) is 0 Å². The van der Waals surface area contributed by atoms with Gasteiger partial charge >= 0.3 is 0 Å². The molecule has 1 heteroatoms. The van der Waals surface area contributed by atoms with Gasteiger partial charge in [-0.15, -0.1) is 0 Å². The van der Waals surface area contributed by atoms with Gasteiger partial charge in [-0.05, 0) is 23.1 Å². The van der Waals surface area contributed by atoms with Crippen LogP contribution in [-0.4, -0.2) is 6.21 Å². The summed E-state index contributed by atoms with van der Waals surface area (Å²) >= 11 is 0. The minimum absolute atomic E-state index is 0.494. The van der Waals surface area contributed by atoms with Crippen LogP contribution < -0.4 is 0 Å². The molecule has 0 N–H and O–H groups in total. The van der Waals surface area contributed by atoms with E-state index in [1.807, 2.05) is 6.21 Å². The minimum Gasteiger partial charge on any atom is -0.260 e. The van der Waals surface area contributed by atoms with Crippen molar-refractivity contribution in [3.63, 3.8) is 0 Å². The summed E-state index contributed by atoms with van der Waals surface area (Å²) in [5.41, 5.74) is 3.94. The lowest BCUT2D eigenvalue weighted by Gasteiger charge is -2.09. The zero-order valence-electron chi connectivity index (χ0n) is 8.41. The molecule has 0 aliphatic carbocycles. The number of fused-ring (bicyclic) bond motifs is 1. The molecule has 0 amide bonds. The molecule has 0 aromatic heterocycles. The van der Waals surface area contributed by atoms with Crippen molar-refractivity contribution < 1.29 is 0 Å². The number of hydrogen-bond acceptors (Lipinski definition) is 1. The number of rotatable bonds is 1. The maximum Gasteiger partial charge on any atom is 0.0664 e. The van der Waals surface area contributed by atoms with Crippen molar-refractivity contribution in [1.29, 1.82) is 0 Å². The zero-order valence-corrected chi connectivity index (χ0v) is 8.41. The highest BCUT2D eigenvalue weighted by Crippen LogP contribution is 2.33. The predicted molar refractivity (Wildman–Crippen MR) is 57.1 cm³/mol. The Morgan fingerprint density at radius 1 is 1.31 bits per heavy atom. The third kappa shape index (κ3) is 1.39. The van der Waals surface area contributed by atoms with E-state index in [9.17, 15) is 0 Å². The summed E-state index contributed by atoms with van der Waals surface area (Å²) in [6, 6.07) is 6.60. The maximum absolute atomic E-state index is 4.36. The molecule has 13 heavy (non-hydrogen) atoms. The first-order valence-electron chi connectivity index (χ1n) is 4.86. The fraction of sp³-hybridized carbons (Fsp3) is 0.417. The van der Waals surface area contributed by atoms with Gasteiger partial charge in [0.05, 0.1) is 5.69 Å². The lowest BCUT2D eigenvalue weighted by Crippen LogP contribution is -1.92. The van der Waals surface area contributed by atoms with E-state index in [0.29, 0.717) is 11.8 Å². The lowest BCUT2D eigenvalue weighted by atomic mass is 9.96. The van der Waals surface area contributed by atoms with E-state index in [-0.39, 0.29) is 0 Å². The molecule has 0 saturated heterocycles. The Kier molecular flexibility index (Phi) is 1.95. The van der Waals surface area contributed by atoms with Crippen LogP contribution in [0, 0.1) is 0 Å². The predicted octanol–water partition coefficient (Wildman–Crippen LogP) is 3.63. The van der Waals surface area contributed by atoms with E-state index in [1.54, 1.807) is 0 Å². The quantitative estimate of drug-likeness (QED) is 0.615. The van der Waals surface area contributed by atoms with E-state index >= 15 is 0 Å². The van der Waals surface area contributed by atoms with Gasteiger partial charge in [0.25, 0.3) is 0 Å². The zero-order chi connectivity index (χ0) is 9.42. The van der Waals surface area contributed by atoms with E-state index in [0.717, 1.165) is 5.69 Å². The summed E-state index contributed by atoms with van der Waals surface area (Å²) in [6.07, 6.45) is 2.02. The highest BCUT2D eigenvalue weighted by Gasteiger charge is 2.14. The average Bonchev–Trinajstić information content (AvgIpc) is 2.47. The largest absolute Gasteiger partial charge is 0.260 e. The highest BCUT2D eigenvalue weighted by atomic mass is 14.8. The Balaban J connectivity index is 2.45. The number of benzene rings is 1. The van der Waals surface area contributed by atoms with Crippen LogP contribution in [0.2, 0.25) is 0 Å². The Labute approximate surface area is 79.5 Å². The van der Waals surface area contributed by atoms with Gasteiger partial charge in [0, 0.05) is 12.1 Å². The van der Waals surface area contributed by atoms with Crippen molar-refractivity contribution in [2.45, 2.75) is 32.6 Å².